The van der Waals surface area contributed by atoms with E-state index in [0.717, 1.165) is 17.7 Å². The van der Waals surface area contributed by atoms with E-state index in [-0.39, 0.29) is 12.5 Å². The Hall–Kier alpha value is -2.89. The topological polar surface area (TPSA) is 59.6 Å². The van der Waals surface area contributed by atoms with Crippen molar-refractivity contribution in [2.75, 3.05) is 24.4 Å². The molecular weight excluding hydrogens is 435 g/mol. The van der Waals surface area contributed by atoms with E-state index in [0.29, 0.717) is 33.8 Å². The third-order valence-corrected chi connectivity index (χ3v) is 5.39. The van der Waals surface area contributed by atoms with Gasteiger partial charge >= 0.3 is 0 Å². The van der Waals surface area contributed by atoms with Gasteiger partial charge in [-0.15, -0.1) is 0 Å². The zero-order valence-corrected chi connectivity index (χ0v) is 18.9. The van der Waals surface area contributed by atoms with Crippen molar-refractivity contribution in [3.63, 3.8) is 0 Å². The Kier molecular flexibility index (Phi) is 8.04. The minimum atomic E-state index is -0.318. The molecule has 3 aromatic rings. The molecular formula is C24H24Cl2N2O3. The van der Waals surface area contributed by atoms with E-state index in [4.69, 9.17) is 32.7 Å². The van der Waals surface area contributed by atoms with E-state index in [2.05, 4.69) is 41.8 Å². The Labute approximate surface area is 192 Å². The molecule has 0 unspecified atom stereocenters. The fraction of sp³-hybridized carbons (Fsp3) is 0.208. The van der Waals surface area contributed by atoms with Crippen LogP contribution in [0.4, 0.5) is 11.4 Å². The van der Waals surface area contributed by atoms with E-state index in [1.807, 2.05) is 12.1 Å². The second kappa shape index (κ2) is 10.9. The Morgan fingerprint density at radius 2 is 1.58 bits per heavy atom. The lowest BCUT2D eigenvalue weighted by atomic mass is 10.1. The molecule has 0 aliphatic rings. The van der Waals surface area contributed by atoms with Crippen LogP contribution in [-0.4, -0.2) is 19.6 Å². The lowest BCUT2D eigenvalue weighted by molar-refractivity contribution is -0.118. The van der Waals surface area contributed by atoms with Gasteiger partial charge in [0.15, 0.2) is 18.1 Å². The van der Waals surface area contributed by atoms with Crippen molar-refractivity contribution < 1.29 is 14.3 Å². The van der Waals surface area contributed by atoms with E-state index < -0.39 is 0 Å². The summed E-state index contributed by atoms with van der Waals surface area (Å²) in [6.07, 6.45) is 1.02. The summed E-state index contributed by atoms with van der Waals surface area (Å²) in [6.45, 7) is 2.60. The smallest absolute Gasteiger partial charge is 0.262 e. The van der Waals surface area contributed by atoms with Gasteiger partial charge in [-0.25, -0.2) is 0 Å². The summed E-state index contributed by atoms with van der Waals surface area (Å²) in [5, 5.41) is 6.90. The summed E-state index contributed by atoms with van der Waals surface area (Å²) in [5.41, 5.74) is 3.93. The molecule has 5 nitrogen and oxygen atoms in total. The molecule has 0 saturated heterocycles. The summed E-state index contributed by atoms with van der Waals surface area (Å²) in [6, 6.07) is 18.9. The van der Waals surface area contributed by atoms with Crippen LogP contribution in [0, 0.1) is 0 Å². The van der Waals surface area contributed by atoms with Crippen molar-refractivity contribution in [2.45, 2.75) is 19.9 Å². The number of aryl methyl sites for hydroxylation is 1. The number of carbonyl (C=O) groups is 1. The Balaban J connectivity index is 1.56. The van der Waals surface area contributed by atoms with Crippen LogP contribution in [0.2, 0.25) is 10.0 Å². The monoisotopic (exact) mass is 458 g/mol. The van der Waals surface area contributed by atoms with E-state index in [1.165, 1.54) is 5.56 Å². The van der Waals surface area contributed by atoms with E-state index in [1.54, 1.807) is 31.4 Å². The summed E-state index contributed by atoms with van der Waals surface area (Å²) in [4.78, 5) is 12.2. The predicted molar refractivity (Wildman–Crippen MR) is 127 cm³/mol. The molecule has 0 bridgehead atoms. The van der Waals surface area contributed by atoms with Crippen molar-refractivity contribution in [2.24, 2.45) is 0 Å². The quantitative estimate of drug-likeness (QED) is 0.400. The number of benzene rings is 3. The van der Waals surface area contributed by atoms with Crippen molar-refractivity contribution in [3.8, 4) is 11.5 Å². The molecule has 3 rings (SSSR count). The fourth-order valence-corrected chi connectivity index (χ4v) is 3.22. The van der Waals surface area contributed by atoms with Gasteiger partial charge in [-0.1, -0.05) is 48.3 Å². The maximum Gasteiger partial charge on any atom is 0.262 e. The molecule has 0 aliphatic carbocycles. The van der Waals surface area contributed by atoms with Crippen molar-refractivity contribution in [1.82, 2.24) is 0 Å². The lowest BCUT2D eigenvalue weighted by Crippen LogP contribution is -2.20. The zero-order chi connectivity index (χ0) is 22.2. The first kappa shape index (κ1) is 22.8. The lowest BCUT2D eigenvalue weighted by Gasteiger charge is -2.13. The van der Waals surface area contributed by atoms with Gasteiger partial charge in [0, 0.05) is 17.9 Å². The molecule has 2 N–H and O–H groups in total. The molecule has 3 aromatic carbocycles. The molecule has 0 aromatic heterocycles. The minimum Gasteiger partial charge on any atom is -0.493 e. The molecule has 162 valence electrons. The number of nitrogens with one attached hydrogen (secondary N) is 2. The Morgan fingerprint density at radius 1 is 0.871 bits per heavy atom. The number of anilines is 2. The fourth-order valence-electron chi connectivity index (χ4n) is 2.92. The van der Waals surface area contributed by atoms with Crippen molar-refractivity contribution in [1.29, 1.82) is 0 Å². The highest BCUT2D eigenvalue weighted by Gasteiger charge is 2.10. The molecule has 0 saturated carbocycles. The third kappa shape index (κ3) is 6.54. The first-order chi connectivity index (χ1) is 15.0. The molecule has 7 heteroatoms. The van der Waals surface area contributed by atoms with Crippen LogP contribution in [-0.2, 0) is 17.8 Å². The molecule has 0 atom stereocenters. The van der Waals surface area contributed by atoms with Gasteiger partial charge in [0.25, 0.3) is 5.91 Å². The highest BCUT2D eigenvalue weighted by atomic mass is 35.5. The number of hydrogen-bond acceptors (Lipinski definition) is 4. The second-order valence-corrected chi connectivity index (χ2v) is 7.67. The molecule has 1 amide bonds. The Bertz CT molecular complexity index is 1040. The van der Waals surface area contributed by atoms with E-state index in [9.17, 15) is 4.79 Å². The maximum atomic E-state index is 12.2. The SMILES string of the molecule is CCc1ccc(NCc2ccc(OCC(=O)Nc3ccc(Cl)c(Cl)c3)c(OC)c2)cc1. The standard InChI is InChI=1S/C24H24Cl2N2O3/c1-3-16-4-7-18(8-5-16)27-14-17-6-11-22(23(12-17)30-2)31-15-24(29)28-19-9-10-20(25)21(26)13-19/h4-13,27H,3,14-15H2,1-2H3,(H,28,29). The van der Waals surface area contributed by atoms with Crippen LogP contribution in [0.1, 0.15) is 18.1 Å². The van der Waals surface area contributed by atoms with Crippen LogP contribution < -0.4 is 20.1 Å². The zero-order valence-electron chi connectivity index (χ0n) is 17.4. The largest absolute Gasteiger partial charge is 0.493 e. The van der Waals surface area contributed by atoms with Crippen LogP contribution in [0.3, 0.4) is 0 Å². The first-order valence-corrected chi connectivity index (χ1v) is 10.6. The molecule has 31 heavy (non-hydrogen) atoms. The third-order valence-electron chi connectivity index (χ3n) is 4.65. The van der Waals surface area contributed by atoms with Crippen LogP contribution >= 0.6 is 23.2 Å². The predicted octanol–water partition coefficient (Wildman–Crippen LogP) is 6.19. The van der Waals surface area contributed by atoms with Crippen molar-refractivity contribution >= 4 is 40.5 Å². The van der Waals surface area contributed by atoms with Crippen LogP contribution in [0.25, 0.3) is 0 Å². The number of hydrogen-bond donors (Lipinski definition) is 2. The summed E-state index contributed by atoms with van der Waals surface area (Å²) < 4.78 is 11.1. The average Bonchev–Trinajstić information content (AvgIpc) is 2.79. The highest BCUT2D eigenvalue weighted by molar-refractivity contribution is 6.42. The molecule has 0 radical (unpaired) electrons. The molecule has 0 aliphatic heterocycles. The van der Waals surface area contributed by atoms with Gasteiger partial charge in [-0.05, 0) is 60.0 Å². The number of rotatable bonds is 9. The normalized spacial score (nSPS) is 10.5. The first-order valence-electron chi connectivity index (χ1n) is 9.86. The average molecular weight is 459 g/mol. The van der Waals surface area contributed by atoms with Crippen molar-refractivity contribution in [3.05, 3.63) is 81.8 Å². The molecule has 0 fully saturated rings. The number of ether oxygens (including phenoxy) is 2. The van der Waals surface area contributed by atoms with Gasteiger partial charge < -0.3 is 20.1 Å². The number of amides is 1. The number of methoxy groups -OCH3 is 1. The van der Waals surface area contributed by atoms with Crippen LogP contribution in [0.5, 0.6) is 11.5 Å². The summed E-state index contributed by atoms with van der Waals surface area (Å²) in [7, 11) is 1.57. The Morgan fingerprint density at radius 3 is 2.26 bits per heavy atom. The number of halogens is 2. The highest BCUT2D eigenvalue weighted by Crippen LogP contribution is 2.29. The second-order valence-electron chi connectivity index (χ2n) is 6.85. The van der Waals surface area contributed by atoms with Gasteiger partial charge in [-0.2, -0.15) is 0 Å². The van der Waals surface area contributed by atoms with Crippen LogP contribution in [0.15, 0.2) is 60.7 Å². The van der Waals surface area contributed by atoms with E-state index >= 15 is 0 Å². The van der Waals surface area contributed by atoms with Gasteiger partial charge in [0.05, 0.1) is 17.2 Å². The summed E-state index contributed by atoms with van der Waals surface area (Å²) >= 11 is 11.9. The maximum absolute atomic E-state index is 12.2. The number of carbonyl (C=O) groups excluding carboxylic acids is 1. The van der Waals surface area contributed by atoms with Gasteiger partial charge in [0.1, 0.15) is 0 Å². The van der Waals surface area contributed by atoms with Gasteiger partial charge in [-0.3, -0.25) is 4.79 Å². The molecule has 0 spiro atoms. The molecule has 0 heterocycles. The minimum absolute atomic E-state index is 0.169. The van der Waals surface area contributed by atoms with Gasteiger partial charge in [0.2, 0.25) is 0 Å². The summed E-state index contributed by atoms with van der Waals surface area (Å²) in [5.74, 6) is 0.729.